The lowest BCUT2D eigenvalue weighted by molar-refractivity contribution is -0.127. The molecule has 1 saturated carbocycles. The van der Waals surface area contributed by atoms with Crippen LogP contribution in [-0.4, -0.2) is 59.8 Å². The Hall–Kier alpha value is -3.84. The molecule has 0 bridgehead atoms. The molecule has 0 unspecified atom stereocenters. The third-order valence-corrected chi connectivity index (χ3v) is 8.74. The Morgan fingerprint density at radius 3 is 2.19 bits per heavy atom. The van der Waals surface area contributed by atoms with Crippen molar-refractivity contribution in [3.05, 3.63) is 101 Å². The summed E-state index contributed by atoms with van der Waals surface area (Å²) in [5.74, 6) is 0.656. The van der Waals surface area contributed by atoms with E-state index in [-0.39, 0.29) is 35.7 Å². The fraction of sp³-hybridized carbons (Fsp3) is 0.382. The summed E-state index contributed by atoms with van der Waals surface area (Å²) >= 11 is 6.05. The number of nitrogens with zero attached hydrogens (tertiary/aromatic N) is 2. The maximum Gasteiger partial charge on any atom is 0.254 e. The van der Waals surface area contributed by atoms with Gasteiger partial charge in [-0.15, -0.1) is 0 Å². The van der Waals surface area contributed by atoms with Crippen molar-refractivity contribution < 1.29 is 19.1 Å². The van der Waals surface area contributed by atoms with E-state index in [0.29, 0.717) is 48.6 Å². The van der Waals surface area contributed by atoms with Crippen molar-refractivity contribution in [3.8, 4) is 5.75 Å². The monoisotopic (exact) mass is 587 g/mol. The van der Waals surface area contributed by atoms with Gasteiger partial charge in [0.1, 0.15) is 5.75 Å². The Balaban J connectivity index is 1.14. The number of benzene rings is 3. The van der Waals surface area contributed by atoms with Gasteiger partial charge in [0.05, 0.1) is 7.11 Å². The first-order valence-corrected chi connectivity index (χ1v) is 15.1. The highest BCUT2D eigenvalue weighted by Gasteiger charge is 2.33. The molecule has 2 aliphatic rings. The van der Waals surface area contributed by atoms with E-state index in [1.54, 1.807) is 31.4 Å². The summed E-state index contributed by atoms with van der Waals surface area (Å²) in [4.78, 5) is 43.5. The van der Waals surface area contributed by atoms with E-state index in [1.807, 2.05) is 64.4 Å². The summed E-state index contributed by atoms with van der Waals surface area (Å²) in [5, 5.41) is 3.82. The molecule has 0 spiro atoms. The topological polar surface area (TPSA) is 79.0 Å². The molecule has 0 radical (unpaired) electrons. The van der Waals surface area contributed by atoms with E-state index < -0.39 is 0 Å². The zero-order chi connectivity index (χ0) is 29.5. The molecule has 1 N–H and O–H groups in total. The van der Waals surface area contributed by atoms with Crippen LogP contribution in [0.3, 0.4) is 0 Å². The highest BCUT2D eigenvalue weighted by Crippen LogP contribution is 2.28. The van der Waals surface area contributed by atoms with E-state index in [1.165, 1.54) is 0 Å². The summed E-state index contributed by atoms with van der Waals surface area (Å²) in [5.41, 5.74) is 2.31. The molecule has 7 nitrogen and oxygen atoms in total. The summed E-state index contributed by atoms with van der Waals surface area (Å²) in [6.45, 7) is 1.65. The maximum absolute atomic E-state index is 13.7. The fourth-order valence-corrected chi connectivity index (χ4v) is 6.24. The van der Waals surface area contributed by atoms with Crippen LogP contribution in [0, 0.1) is 5.92 Å². The second-order valence-electron chi connectivity index (χ2n) is 11.2. The fourth-order valence-electron chi connectivity index (χ4n) is 6.05. The molecule has 3 aromatic rings. The lowest BCUT2D eigenvalue weighted by atomic mass is 9.88. The Morgan fingerprint density at radius 2 is 1.55 bits per heavy atom. The molecule has 3 amide bonds. The number of nitrogens with one attached hydrogen (secondary N) is 1. The second kappa shape index (κ2) is 13.9. The molecule has 1 heterocycles. The number of methoxy groups -OCH3 is 1. The molecule has 1 aliphatic carbocycles. The van der Waals surface area contributed by atoms with Gasteiger partial charge >= 0.3 is 0 Å². The zero-order valence-electron chi connectivity index (χ0n) is 24.0. The third-order valence-electron chi connectivity index (χ3n) is 8.50. The van der Waals surface area contributed by atoms with Crippen LogP contribution in [0.15, 0.2) is 78.9 Å². The van der Waals surface area contributed by atoms with Crippen molar-refractivity contribution in [1.29, 1.82) is 0 Å². The molecule has 2 fully saturated rings. The summed E-state index contributed by atoms with van der Waals surface area (Å²) in [7, 11) is 1.61. The van der Waals surface area contributed by atoms with Crippen LogP contribution >= 0.6 is 11.6 Å². The van der Waals surface area contributed by atoms with E-state index in [4.69, 9.17) is 16.3 Å². The van der Waals surface area contributed by atoms with Gasteiger partial charge in [-0.2, -0.15) is 0 Å². The molecule has 5 rings (SSSR count). The number of carbonyl (C=O) groups excluding carboxylic acids is 3. The lowest BCUT2D eigenvalue weighted by Gasteiger charge is -2.38. The van der Waals surface area contributed by atoms with Gasteiger partial charge in [0.2, 0.25) is 5.91 Å². The Morgan fingerprint density at radius 1 is 0.857 bits per heavy atom. The standard InChI is InChI=1S/C34H38ClN3O4/c1-42-31-16-10-26(11-17-31)34(41)38(23-24-6-3-2-4-7-24)30-14-12-29(13-15-30)36-32(39)25-18-20-37(21-19-25)33(40)27-8-5-9-28(35)22-27/h2-11,16-17,22,25,29-30H,12-15,18-21,23H2,1H3,(H,36,39). The molecule has 42 heavy (non-hydrogen) atoms. The molecular formula is C34H38ClN3O4. The van der Waals surface area contributed by atoms with Crippen molar-refractivity contribution in [2.75, 3.05) is 20.2 Å². The average Bonchev–Trinajstić information content (AvgIpc) is 3.04. The van der Waals surface area contributed by atoms with Crippen molar-refractivity contribution in [1.82, 2.24) is 15.1 Å². The smallest absolute Gasteiger partial charge is 0.254 e. The summed E-state index contributed by atoms with van der Waals surface area (Å²) in [6, 6.07) is 24.5. The van der Waals surface area contributed by atoms with Crippen LogP contribution < -0.4 is 10.1 Å². The molecular weight excluding hydrogens is 550 g/mol. The predicted octanol–water partition coefficient (Wildman–Crippen LogP) is 5.97. The van der Waals surface area contributed by atoms with Crippen molar-refractivity contribution in [3.63, 3.8) is 0 Å². The van der Waals surface area contributed by atoms with Gasteiger partial charge in [0.15, 0.2) is 0 Å². The van der Waals surface area contributed by atoms with Crippen LogP contribution in [0.1, 0.15) is 64.8 Å². The van der Waals surface area contributed by atoms with Gasteiger partial charge in [-0.3, -0.25) is 14.4 Å². The second-order valence-corrected chi connectivity index (χ2v) is 11.7. The van der Waals surface area contributed by atoms with Gasteiger partial charge in [-0.1, -0.05) is 48.0 Å². The molecule has 3 aromatic carbocycles. The Kier molecular flexibility index (Phi) is 9.80. The highest BCUT2D eigenvalue weighted by molar-refractivity contribution is 6.30. The largest absolute Gasteiger partial charge is 0.497 e. The van der Waals surface area contributed by atoms with Crippen molar-refractivity contribution in [2.24, 2.45) is 5.92 Å². The summed E-state index contributed by atoms with van der Waals surface area (Å²) in [6.07, 6.45) is 4.59. The molecule has 0 aromatic heterocycles. The van der Waals surface area contributed by atoms with E-state index in [2.05, 4.69) is 5.32 Å². The third kappa shape index (κ3) is 7.32. The van der Waals surface area contributed by atoms with Crippen molar-refractivity contribution >= 4 is 29.3 Å². The number of ether oxygens (including phenoxy) is 1. The van der Waals surface area contributed by atoms with E-state index >= 15 is 0 Å². The highest BCUT2D eigenvalue weighted by atomic mass is 35.5. The molecule has 220 valence electrons. The normalized spacial score (nSPS) is 19.1. The molecule has 8 heteroatoms. The quantitative estimate of drug-likeness (QED) is 0.352. The number of halogens is 1. The Labute approximate surface area is 252 Å². The number of amides is 3. The zero-order valence-corrected chi connectivity index (χ0v) is 24.8. The Bertz CT molecular complexity index is 1370. The minimum absolute atomic E-state index is 0.00747. The van der Waals surface area contributed by atoms with Gasteiger partial charge in [0.25, 0.3) is 11.8 Å². The first-order chi connectivity index (χ1) is 20.4. The number of piperidine rings is 1. The van der Waals surface area contributed by atoms with Crippen LogP contribution in [0.25, 0.3) is 0 Å². The molecule has 1 aliphatic heterocycles. The average molecular weight is 588 g/mol. The number of hydrogen-bond acceptors (Lipinski definition) is 4. The first-order valence-electron chi connectivity index (χ1n) is 14.8. The number of likely N-dealkylation sites (tertiary alicyclic amines) is 1. The van der Waals surface area contributed by atoms with Gasteiger partial charge < -0.3 is 19.9 Å². The first kappa shape index (κ1) is 29.6. The van der Waals surface area contributed by atoms with E-state index in [0.717, 1.165) is 37.0 Å². The van der Waals surface area contributed by atoms with Gasteiger partial charge in [-0.25, -0.2) is 0 Å². The molecule has 1 saturated heterocycles. The van der Waals surface area contributed by atoms with Crippen LogP contribution in [-0.2, 0) is 11.3 Å². The van der Waals surface area contributed by atoms with Gasteiger partial charge in [0, 0.05) is 53.8 Å². The minimum Gasteiger partial charge on any atom is -0.497 e. The minimum atomic E-state index is -0.0997. The maximum atomic E-state index is 13.7. The predicted molar refractivity (Wildman–Crippen MR) is 164 cm³/mol. The van der Waals surface area contributed by atoms with Crippen LogP contribution in [0.2, 0.25) is 5.02 Å². The van der Waals surface area contributed by atoms with Gasteiger partial charge in [-0.05, 0) is 86.6 Å². The number of hydrogen-bond donors (Lipinski definition) is 1. The number of rotatable bonds is 8. The lowest BCUT2D eigenvalue weighted by Crippen LogP contribution is -2.48. The van der Waals surface area contributed by atoms with Crippen LogP contribution in [0.4, 0.5) is 0 Å². The van der Waals surface area contributed by atoms with E-state index in [9.17, 15) is 14.4 Å². The van der Waals surface area contributed by atoms with Crippen LogP contribution in [0.5, 0.6) is 5.75 Å². The number of carbonyl (C=O) groups is 3. The van der Waals surface area contributed by atoms with Crippen molar-refractivity contribution in [2.45, 2.75) is 57.2 Å². The summed E-state index contributed by atoms with van der Waals surface area (Å²) < 4.78 is 5.27. The molecule has 0 atom stereocenters. The SMILES string of the molecule is COc1ccc(C(=O)N(Cc2ccccc2)C2CCC(NC(=O)C3CCN(C(=O)c4cccc(Cl)c4)CC3)CC2)cc1.